The van der Waals surface area contributed by atoms with Gasteiger partial charge in [-0.1, -0.05) is 0 Å². The van der Waals surface area contributed by atoms with E-state index in [-0.39, 0.29) is 13.0 Å². The molecule has 2 aromatic rings. The number of likely N-dealkylation sites (tertiary alicyclic amines) is 1. The molecule has 162 valence electrons. The third-order valence-electron chi connectivity index (χ3n) is 6.10. The molecule has 2 aliphatic heterocycles. The number of anilines is 3. The molecule has 4 rings (SSSR count). The van der Waals surface area contributed by atoms with Gasteiger partial charge in [-0.05, 0) is 70.3 Å². The topological polar surface area (TPSA) is 57.2 Å². The summed E-state index contributed by atoms with van der Waals surface area (Å²) in [6, 6.07) is 4.58. The number of pyridine rings is 1. The maximum Gasteiger partial charge on any atom is 0.266 e. The lowest BCUT2D eigenvalue weighted by atomic mass is 9.89. The minimum absolute atomic E-state index is 0.127. The minimum atomic E-state index is -2.66. The average molecular weight is 417 g/mol. The molecule has 4 heterocycles. The van der Waals surface area contributed by atoms with Gasteiger partial charge in [-0.3, -0.25) is 4.98 Å². The molecule has 0 saturated carbocycles. The van der Waals surface area contributed by atoms with E-state index in [1.54, 1.807) is 17.3 Å². The highest BCUT2D eigenvalue weighted by Crippen LogP contribution is 2.35. The highest BCUT2D eigenvalue weighted by molar-refractivity contribution is 5.57. The van der Waals surface area contributed by atoms with Gasteiger partial charge in [0.2, 0.25) is 0 Å². The van der Waals surface area contributed by atoms with Crippen LogP contribution in [0.4, 0.5) is 26.2 Å². The van der Waals surface area contributed by atoms with Gasteiger partial charge in [0, 0.05) is 19.0 Å². The molecule has 0 aliphatic carbocycles. The van der Waals surface area contributed by atoms with Crippen molar-refractivity contribution in [2.45, 2.75) is 57.9 Å². The molecule has 0 unspecified atom stereocenters. The fourth-order valence-electron chi connectivity index (χ4n) is 4.27. The molecular formula is C22H30F2N6. The second-order valence-electron chi connectivity index (χ2n) is 8.74. The fourth-order valence-corrected chi connectivity index (χ4v) is 4.27. The van der Waals surface area contributed by atoms with E-state index in [0.717, 1.165) is 37.2 Å². The SMILES string of the molecule is Cc1cnc(Nc2cc(C3CCN(C(C)C)CC3)cc(N3CCC(F)(F)C3)n2)cn1. The number of aromatic nitrogens is 3. The molecule has 30 heavy (non-hydrogen) atoms. The van der Waals surface area contributed by atoms with E-state index in [1.165, 1.54) is 0 Å². The Morgan fingerprint density at radius 1 is 1.07 bits per heavy atom. The number of hydrogen-bond acceptors (Lipinski definition) is 6. The second-order valence-corrected chi connectivity index (χ2v) is 8.74. The van der Waals surface area contributed by atoms with Gasteiger partial charge in [0.25, 0.3) is 5.92 Å². The van der Waals surface area contributed by atoms with E-state index in [4.69, 9.17) is 0 Å². The predicted octanol–water partition coefficient (Wildman–Crippen LogP) is 4.36. The van der Waals surface area contributed by atoms with Crippen molar-refractivity contribution in [2.24, 2.45) is 0 Å². The number of piperidine rings is 1. The third kappa shape index (κ3) is 4.86. The summed E-state index contributed by atoms with van der Waals surface area (Å²) in [5, 5.41) is 3.21. The van der Waals surface area contributed by atoms with Crippen molar-refractivity contribution in [3.8, 4) is 0 Å². The highest BCUT2D eigenvalue weighted by atomic mass is 19.3. The molecule has 2 fully saturated rings. The number of rotatable bonds is 5. The number of hydrogen-bond donors (Lipinski definition) is 1. The van der Waals surface area contributed by atoms with Crippen LogP contribution >= 0.6 is 0 Å². The van der Waals surface area contributed by atoms with Crippen LogP contribution in [0.5, 0.6) is 0 Å². The van der Waals surface area contributed by atoms with Crippen molar-refractivity contribution in [2.75, 3.05) is 36.4 Å². The Bertz CT molecular complexity index is 862. The first-order chi connectivity index (χ1) is 14.3. The zero-order valence-electron chi connectivity index (χ0n) is 17.9. The number of nitrogens with zero attached hydrogens (tertiary/aromatic N) is 5. The zero-order valence-corrected chi connectivity index (χ0v) is 17.9. The van der Waals surface area contributed by atoms with Crippen molar-refractivity contribution < 1.29 is 8.78 Å². The molecule has 0 aromatic carbocycles. The van der Waals surface area contributed by atoms with Crippen LogP contribution in [0, 0.1) is 6.92 Å². The van der Waals surface area contributed by atoms with E-state index >= 15 is 0 Å². The van der Waals surface area contributed by atoms with Crippen LogP contribution in [0.1, 0.15) is 50.3 Å². The van der Waals surface area contributed by atoms with Crippen LogP contribution in [0.25, 0.3) is 0 Å². The van der Waals surface area contributed by atoms with Crippen molar-refractivity contribution in [3.05, 3.63) is 35.8 Å². The molecule has 6 nitrogen and oxygen atoms in total. The summed E-state index contributed by atoms with van der Waals surface area (Å²) in [6.07, 6.45) is 5.34. The van der Waals surface area contributed by atoms with Crippen LogP contribution in [0.15, 0.2) is 24.5 Å². The first-order valence-electron chi connectivity index (χ1n) is 10.7. The van der Waals surface area contributed by atoms with Crippen molar-refractivity contribution in [3.63, 3.8) is 0 Å². The Morgan fingerprint density at radius 3 is 2.43 bits per heavy atom. The van der Waals surface area contributed by atoms with E-state index in [0.29, 0.717) is 36.0 Å². The molecule has 0 atom stereocenters. The molecule has 1 N–H and O–H groups in total. The van der Waals surface area contributed by atoms with Crippen LogP contribution in [-0.2, 0) is 0 Å². The van der Waals surface area contributed by atoms with E-state index in [1.807, 2.05) is 19.1 Å². The van der Waals surface area contributed by atoms with Crippen LogP contribution < -0.4 is 10.2 Å². The number of halogens is 2. The first-order valence-corrected chi connectivity index (χ1v) is 10.7. The molecule has 8 heteroatoms. The molecule has 0 amide bonds. The van der Waals surface area contributed by atoms with Gasteiger partial charge in [0.15, 0.2) is 0 Å². The molecule has 0 bridgehead atoms. The van der Waals surface area contributed by atoms with E-state index in [9.17, 15) is 8.78 Å². The lowest BCUT2D eigenvalue weighted by Crippen LogP contribution is -2.37. The smallest absolute Gasteiger partial charge is 0.266 e. The zero-order chi connectivity index (χ0) is 21.3. The maximum atomic E-state index is 13.8. The van der Waals surface area contributed by atoms with Crippen molar-refractivity contribution in [1.82, 2.24) is 19.9 Å². The number of nitrogens with one attached hydrogen (secondary N) is 1. The quantitative estimate of drug-likeness (QED) is 0.782. The minimum Gasteiger partial charge on any atom is -0.350 e. The monoisotopic (exact) mass is 416 g/mol. The Labute approximate surface area is 176 Å². The molecule has 2 saturated heterocycles. The molecular weight excluding hydrogens is 386 g/mol. The molecule has 0 spiro atoms. The highest BCUT2D eigenvalue weighted by Gasteiger charge is 2.39. The second kappa shape index (κ2) is 8.41. The average Bonchev–Trinajstić information content (AvgIpc) is 3.09. The van der Waals surface area contributed by atoms with Gasteiger partial charge >= 0.3 is 0 Å². The van der Waals surface area contributed by atoms with Gasteiger partial charge in [-0.2, -0.15) is 0 Å². The Hall–Kier alpha value is -2.35. The van der Waals surface area contributed by atoms with E-state index in [2.05, 4.69) is 39.0 Å². The molecule has 2 aromatic heterocycles. The van der Waals surface area contributed by atoms with Crippen LogP contribution in [0.3, 0.4) is 0 Å². The van der Waals surface area contributed by atoms with E-state index < -0.39 is 5.92 Å². The normalized spacial score (nSPS) is 20.1. The fraction of sp³-hybridized carbons (Fsp3) is 0.591. The van der Waals surface area contributed by atoms with Crippen molar-refractivity contribution >= 4 is 17.5 Å². The largest absolute Gasteiger partial charge is 0.350 e. The van der Waals surface area contributed by atoms with Crippen molar-refractivity contribution in [1.29, 1.82) is 0 Å². The number of alkyl halides is 2. The summed E-state index contributed by atoms with van der Waals surface area (Å²) in [6.45, 7) is 8.47. The van der Waals surface area contributed by atoms with Gasteiger partial charge in [-0.15, -0.1) is 0 Å². The predicted molar refractivity (Wildman–Crippen MR) is 115 cm³/mol. The standard InChI is InChI=1S/C22H30F2N6/c1-15(2)29-7-4-17(5-8-29)18-10-19(27-20-13-25-16(3)12-26-20)28-21(11-18)30-9-6-22(23,24)14-30/h10-13,15,17H,4-9,14H2,1-3H3,(H,26,27,28). The van der Waals surface area contributed by atoms with Crippen LogP contribution in [-0.4, -0.2) is 58.0 Å². The Balaban J connectivity index is 1.60. The summed E-state index contributed by atoms with van der Waals surface area (Å²) < 4.78 is 27.7. The van der Waals surface area contributed by atoms with Gasteiger partial charge in [0.1, 0.15) is 17.5 Å². The first kappa shape index (κ1) is 20.9. The summed E-state index contributed by atoms with van der Waals surface area (Å²) in [4.78, 5) is 17.4. The number of aryl methyl sites for hydroxylation is 1. The van der Waals surface area contributed by atoms with Gasteiger partial charge in [0.05, 0.1) is 24.6 Å². The molecule has 0 radical (unpaired) electrons. The Morgan fingerprint density at radius 2 is 1.83 bits per heavy atom. The summed E-state index contributed by atoms with van der Waals surface area (Å²) >= 11 is 0. The lowest BCUT2D eigenvalue weighted by molar-refractivity contribution is 0.0256. The van der Waals surface area contributed by atoms with Crippen LogP contribution in [0.2, 0.25) is 0 Å². The maximum absolute atomic E-state index is 13.8. The lowest BCUT2D eigenvalue weighted by Gasteiger charge is -2.35. The summed E-state index contributed by atoms with van der Waals surface area (Å²) in [5.74, 6) is -0.427. The summed E-state index contributed by atoms with van der Waals surface area (Å²) in [5.41, 5.74) is 1.99. The van der Waals surface area contributed by atoms with Gasteiger partial charge < -0.3 is 15.1 Å². The third-order valence-corrected chi connectivity index (χ3v) is 6.10. The summed E-state index contributed by atoms with van der Waals surface area (Å²) in [7, 11) is 0. The van der Waals surface area contributed by atoms with Gasteiger partial charge in [-0.25, -0.2) is 18.7 Å². The Kier molecular flexibility index (Phi) is 5.86. The molecule has 2 aliphatic rings.